The zero-order chi connectivity index (χ0) is 9.84. The van der Waals surface area contributed by atoms with Crippen molar-refractivity contribution in [2.45, 2.75) is 4.90 Å². The van der Waals surface area contributed by atoms with Crippen LogP contribution in [0.25, 0.3) is 0 Å². The Morgan fingerprint density at radius 3 is 2.69 bits per heavy atom. The van der Waals surface area contributed by atoms with Gasteiger partial charge in [-0.15, -0.1) is 11.8 Å². The van der Waals surface area contributed by atoms with E-state index >= 15 is 0 Å². The van der Waals surface area contributed by atoms with Crippen LogP contribution in [0.2, 0.25) is 0 Å². The van der Waals surface area contributed by atoms with E-state index in [9.17, 15) is 9.18 Å². The van der Waals surface area contributed by atoms with Gasteiger partial charge in [-0.05, 0) is 18.4 Å². The molecule has 0 N–H and O–H groups in total. The van der Waals surface area contributed by atoms with Gasteiger partial charge in [0.15, 0.2) is 6.29 Å². The first-order valence-corrected chi connectivity index (χ1v) is 4.82. The highest BCUT2D eigenvalue weighted by molar-refractivity contribution is 7.98. The van der Waals surface area contributed by atoms with Crippen molar-refractivity contribution in [1.29, 1.82) is 0 Å². The first-order valence-electron chi connectivity index (χ1n) is 3.59. The Bertz CT molecular complexity index is 326. The van der Waals surface area contributed by atoms with Crippen molar-refractivity contribution in [3.8, 4) is 5.75 Å². The highest BCUT2D eigenvalue weighted by atomic mass is 32.2. The molecule has 0 fully saturated rings. The standard InChI is InChI=1S/C9H9FO2S/c1-12-9-6(5-11)3-7(10)4-8(9)13-2/h3-5H,1-2H3. The summed E-state index contributed by atoms with van der Waals surface area (Å²) in [6.45, 7) is 0. The zero-order valence-corrected chi connectivity index (χ0v) is 8.15. The third kappa shape index (κ3) is 2.01. The Morgan fingerprint density at radius 1 is 1.54 bits per heavy atom. The van der Waals surface area contributed by atoms with Crippen molar-refractivity contribution in [1.82, 2.24) is 0 Å². The van der Waals surface area contributed by atoms with E-state index in [1.165, 1.54) is 24.9 Å². The summed E-state index contributed by atoms with van der Waals surface area (Å²) in [6.07, 6.45) is 2.38. The average molecular weight is 200 g/mol. The van der Waals surface area contributed by atoms with Crippen LogP contribution in [0.4, 0.5) is 4.39 Å². The molecule has 0 aliphatic carbocycles. The highest BCUT2D eigenvalue weighted by Crippen LogP contribution is 2.31. The Hall–Kier alpha value is -1.03. The van der Waals surface area contributed by atoms with E-state index in [0.29, 0.717) is 16.9 Å². The summed E-state index contributed by atoms with van der Waals surface area (Å²) in [7, 11) is 1.46. The Kier molecular flexibility index (Phi) is 3.31. The molecule has 0 saturated carbocycles. The van der Waals surface area contributed by atoms with E-state index in [1.807, 2.05) is 0 Å². The molecule has 0 unspecified atom stereocenters. The van der Waals surface area contributed by atoms with Crippen molar-refractivity contribution in [3.63, 3.8) is 0 Å². The van der Waals surface area contributed by atoms with Crippen LogP contribution in [-0.4, -0.2) is 19.7 Å². The second kappa shape index (κ2) is 4.28. The van der Waals surface area contributed by atoms with Crippen molar-refractivity contribution in [2.24, 2.45) is 0 Å². The minimum atomic E-state index is -0.424. The number of carbonyl (C=O) groups excluding carboxylic acids is 1. The van der Waals surface area contributed by atoms with E-state index in [-0.39, 0.29) is 5.56 Å². The van der Waals surface area contributed by atoms with E-state index in [2.05, 4.69) is 0 Å². The lowest BCUT2D eigenvalue weighted by molar-refractivity contribution is 0.111. The molecular weight excluding hydrogens is 191 g/mol. The molecule has 1 rings (SSSR count). The van der Waals surface area contributed by atoms with Gasteiger partial charge in [0.2, 0.25) is 0 Å². The first kappa shape index (κ1) is 10.1. The molecule has 1 aromatic carbocycles. The summed E-state index contributed by atoms with van der Waals surface area (Å²) in [4.78, 5) is 11.2. The number of ether oxygens (including phenoxy) is 1. The lowest BCUT2D eigenvalue weighted by Gasteiger charge is -2.08. The number of thioether (sulfide) groups is 1. The maximum atomic E-state index is 12.9. The maximum Gasteiger partial charge on any atom is 0.153 e. The molecule has 70 valence electrons. The maximum absolute atomic E-state index is 12.9. The Balaban J connectivity index is 3.33. The lowest BCUT2D eigenvalue weighted by Crippen LogP contribution is -1.94. The van der Waals surface area contributed by atoms with Crippen molar-refractivity contribution in [3.05, 3.63) is 23.5 Å². The second-order valence-corrected chi connectivity index (χ2v) is 3.20. The normalized spacial score (nSPS) is 9.77. The summed E-state index contributed by atoms with van der Waals surface area (Å²) in [5.74, 6) is 0.0103. The van der Waals surface area contributed by atoms with Crippen LogP contribution in [-0.2, 0) is 0 Å². The van der Waals surface area contributed by atoms with Gasteiger partial charge < -0.3 is 4.74 Å². The molecule has 0 saturated heterocycles. The van der Waals surface area contributed by atoms with Crippen LogP contribution in [0, 0.1) is 5.82 Å². The number of aldehydes is 1. The summed E-state index contributed by atoms with van der Waals surface area (Å²) in [5.41, 5.74) is 0.242. The molecule has 0 aliphatic rings. The van der Waals surface area contributed by atoms with Gasteiger partial charge >= 0.3 is 0 Å². The Morgan fingerprint density at radius 2 is 2.23 bits per heavy atom. The molecule has 0 atom stereocenters. The Labute approximate surface area is 80.1 Å². The molecule has 0 amide bonds. The van der Waals surface area contributed by atoms with E-state index in [0.717, 1.165) is 6.07 Å². The van der Waals surface area contributed by atoms with Crippen LogP contribution in [0.3, 0.4) is 0 Å². The largest absolute Gasteiger partial charge is 0.495 e. The monoisotopic (exact) mass is 200 g/mol. The average Bonchev–Trinajstić information content (AvgIpc) is 2.16. The third-order valence-corrected chi connectivity index (χ3v) is 2.34. The topological polar surface area (TPSA) is 26.3 Å². The van der Waals surface area contributed by atoms with Crippen molar-refractivity contribution < 1.29 is 13.9 Å². The van der Waals surface area contributed by atoms with E-state index in [4.69, 9.17) is 4.74 Å². The summed E-state index contributed by atoms with van der Waals surface area (Å²) in [5, 5.41) is 0. The molecule has 0 spiro atoms. The van der Waals surface area contributed by atoms with Gasteiger partial charge in [0.25, 0.3) is 0 Å². The summed E-state index contributed by atoms with van der Waals surface area (Å²) in [6, 6.07) is 2.50. The quantitative estimate of drug-likeness (QED) is 0.553. The van der Waals surface area contributed by atoms with Gasteiger partial charge in [0, 0.05) is 0 Å². The summed E-state index contributed by atoms with van der Waals surface area (Å²) >= 11 is 1.34. The molecule has 0 heterocycles. The van der Waals surface area contributed by atoms with Crippen LogP contribution >= 0.6 is 11.8 Å². The van der Waals surface area contributed by atoms with Gasteiger partial charge in [-0.2, -0.15) is 0 Å². The smallest absolute Gasteiger partial charge is 0.153 e. The van der Waals surface area contributed by atoms with Crippen molar-refractivity contribution >= 4 is 18.0 Å². The van der Waals surface area contributed by atoms with E-state index < -0.39 is 5.82 Å². The molecular formula is C9H9FO2S. The number of carbonyl (C=O) groups is 1. The first-order chi connectivity index (χ1) is 6.22. The SMILES string of the molecule is COc1c(C=O)cc(F)cc1SC. The molecule has 0 aliphatic heterocycles. The van der Waals surface area contributed by atoms with Crippen LogP contribution in [0.1, 0.15) is 10.4 Å². The van der Waals surface area contributed by atoms with Gasteiger partial charge in [-0.3, -0.25) is 4.79 Å². The molecule has 0 bridgehead atoms. The van der Waals surface area contributed by atoms with Crippen molar-refractivity contribution in [2.75, 3.05) is 13.4 Å². The van der Waals surface area contributed by atoms with Gasteiger partial charge in [0.05, 0.1) is 17.6 Å². The zero-order valence-electron chi connectivity index (χ0n) is 7.33. The van der Waals surface area contributed by atoms with Crippen LogP contribution in [0.15, 0.2) is 17.0 Å². The van der Waals surface area contributed by atoms with E-state index in [1.54, 1.807) is 6.26 Å². The second-order valence-electron chi connectivity index (χ2n) is 2.35. The molecule has 2 nitrogen and oxygen atoms in total. The van der Waals surface area contributed by atoms with Crippen LogP contribution in [0.5, 0.6) is 5.75 Å². The lowest BCUT2D eigenvalue weighted by atomic mass is 10.2. The number of halogens is 1. The number of benzene rings is 1. The molecule has 0 aromatic heterocycles. The van der Waals surface area contributed by atoms with Gasteiger partial charge in [-0.25, -0.2) is 4.39 Å². The minimum Gasteiger partial charge on any atom is -0.495 e. The number of hydrogen-bond donors (Lipinski definition) is 0. The van der Waals surface area contributed by atoms with Gasteiger partial charge in [-0.1, -0.05) is 0 Å². The molecule has 13 heavy (non-hydrogen) atoms. The highest BCUT2D eigenvalue weighted by Gasteiger charge is 2.10. The summed E-state index contributed by atoms with van der Waals surface area (Å²) < 4.78 is 17.9. The number of methoxy groups -OCH3 is 1. The minimum absolute atomic E-state index is 0.242. The molecule has 1 aromatic rings. The fourth-order valence-corrected chi connectivity index (χ4v) is 1.66. The predicted molar refractivity (Wildman–Crippen MR) is 50.1 cm³/mol. The number of hydrogen-bond acceptors (Lipinski definition) is 3. The fourth-order valence-electron chi connectivity index (χ4n) is 1.05. The fraction of sp³-hybridized carbons (Fsp3) is 0.222. The molecule has 4 heteroatoms. The van der Waals surface area contributed by atoms with Gasteiger partial charge in [0.1, 0.15) is 11.6 Å². The van der Waals surface area contributed by atoms with Crippen LogP contribution < -0.4 is 4.74 Å². The molecule has 0 radical (unpaired) electrons. The predicted octanol–water partition coefficient (Wildman–Crippen LogP) is 2.37. The third-order valence-electron chi connectivity index (χ3n) is 1.60. The number of rotatable bonds is 3.